The van der Waals surface area contributed by atoms with Gasteiger partial charge in [0, 0.05) is 23.5 Å². The number of alkyl halides is 2. The second-order valence-corrected chi connectivity index (χ2v) is 7.32. The highest BCUT2D eigenvalue weighted by Crippen LogP contribution is 2.33. The number of rotatable bonds is 3. The van der Waals surface area contributed by atoms with Crippen molar-refractivity contribution in [3.63, 3.8) is 0 Å². The van der Waals surface area contributed by atoms with Gasteiger partial charge in [0.25, 0.3) is 0 Å². The van der Waals surface area contributed by atoms with E-state index < -0.39 is 16.4 Å². The summed E-state index contributed by atoms with van der Waals surface area (Å²) in [5, 5.41) is 0.648. The van der Waals surface area contributed by atoms with Crippen molar-refractivity contribution in [3.05, 3.63) is 48.3 Å². The number of aromatic nitrogens is 2. The maximum atomic E-state index is 13.5. The van der Waals surface area contributed by atoms with Crippen LogP contribution in [0, 0.1) is 6.92 Å². The van der Waals surface area contributed by atoms with Gasteiger partial charge in [-0.05, 0) is 36.8 Å². The average molecular weight is 336 g/mol. The molecule has 4 nitrogen and oxygen atoms in total. The molecule has 0 N–H and O–H groups in total. The minimum atomic E-state index is -3.32. The summed E-state index contributed by atoms with van der Waals surface area (Å²) in [6.45, 7) is -0.951. The molecule has 0 spiro atoms. The van der Waals surface area contributed by atoms with Crippen LogP contribution in [0.4, 0.5) is 8.78 Å². The molecular weight excluding hydrogens is 322 g/mol. The van der Waals surface area contributed by atoms with Crippen LogP contribution in [0.25, 0.3) is 22.2 Å². The van der Waals surface area contributed by atoms with Crippen molar-refractivity contribution in [1.82, 2.24) is 9.55 Å². The van der Waals surface area contributed by atoms with E-state index in [9.17, 15) is 17.2 Å². The fraction of sp³-hybridized carbons (Fsp3) is 0.188. The number of pyridine rings is 1. The third-order valence-corrected chi connectivity index (χ3v) is 4.87. The zero-order chi connectivity index (χ0) is 16.8. The van der Waals surface area contributed by atoms with Gasteiger partial charge in [-0.3, -0.25) is 9.55 Å². The van der Waals surface area contributed by atoms with E-state index >= 15 is 0 Å². The van der Waals surface area contributed by atoms with E-state index in [0.29, 0.717) is 27.9 Å². The lowest BCUT2D eigenvalue weighted by atomic mass is 10.1. The Morgan fingerprint density at radius 1 is 1.13 bits per heavy atom. The quantitative estimate of drug-likeness (QED) is 0.731. The van der Waals surface area contributed by atoms with Crippen molar-refractivity contribution in [1.29, 1.82) is 0 Å². The summed E-state index contributed by atoms with van der Waals surface area (Å²) in [5.41, 5.74) is 1.91. The Morgan fingerprint density at radius 2 is 1.78 bits per heavy atom. The minimum absolute atomic E-state index is 0.152. The molecule has 120 valence electrons. The second-order valence-electron chi connectivity index (χ2n) is 5.30. The fourth-order valence-electron chi connectivity index (χ4n) is 2.59. The molecule has 0 saturated heterocycles. The van der Waals surface area contributed by atoms with Crippen molar-refractivity contribution in [3.8, 4) is 11.3 Å². The highest BCUT2D eigenvalue weighted by Gasteiger charge is 2.19. The van der Waals surface area contributed by atoms with Crippen LogP contribution in [0.5, 0.6) is 0 Å². The zero-order valence-corrected chi connectivity index (χ0v) is 13.3. The SMILES string of the molecule is Cc1nccc2c1cc(-c1ccc(S(C)(=O)=O)cc1)n2C(F)F. The van der Waals surface area contributed by atoms with Crippen LogP contribution in [0.2, 0.25) is 0 Å². The van der Waals surface area contributed by atoms with Gasteiger partial charge in [-0.2, -0.15) is 8.78 Å². The monoisotopic (exact) mass is 336 g/mol. The Morgan fingerprint density at radius 3 is 2.35 bits per heavy atom. The standard InChI is InChI=1S/C16H14F2N2O2S/c1-10-13-9-15(20(16(17)18)14(13)7-8-19-10)11-3-5-12(6-4-11)23(2,21)22/h3-9,16H,1-2H3. The number of nitrogens with zero attached hydrogens (tertiary/aromatic N) is 2. The van der Waals surface area contributed by atoms with Gasteiger partial charge in [-0.25, -0.2) is 8.42 Å². The van der Waals surface area contributed by atoms with Crippen molar-refractivity contribution >= 4 is 20.7 Å². The molecule has 0 saturated carbocycles. The van der Waals surface area contributed by atoms with Gasteiger partial charge in [0.15, 0.2) is 9.84 Å². The van der Waals surface area contributed by atoms with Crippen LogP contribution in [-0.2, 0) is 9.84 Å². The predicted molar refractivity (Wildman–Crippen MR) is 84.3 cm³/mol. The summed E-state index contributed by atoms with van der Waals surface area (Å²) >= 11 is 0. The topological polar surface area (TPSA) is 52.0 Å². The molecule has 1 aromatic carbocycles. The van der Waals surface area contributed by atoms with Gasteiger partial charge in [0.1, 0.15) is 0 Å². The van der Waals surface area contributed by atoms with E-state index in [0.717, 1.165) is 10.8 Å². The highest BCUT2D eigenvalue weighted by molar-refractivity contribution is 7.90. The Hall–Kier alpha value is -2.28. The van der Waals surface area contributed by atoms with Crippen molar-refractivity contribution in [2.75, 3.05) is 6.26 Å². The van der Waals surface area contributed by atoms with E-state index in [1.165, 1.54) is 30.5 Å². The number of hydrogen-bond acceptors (Lipinski definition) is 3. The van der Waals surface area contributed by atoms with E-state index in [1.54, 1.807) is 19.1 Å². The van der Waals surface area contributed by atoms with Crippen molar-refractivity contribution in [2.24, 2.45) is 0 Å². The third-order valence-electron chi connectivity index (χ3n) is 3.74. The van der Waals surface area contributed by atoms with E-state index in [2.05, 4.69) is 4.98 Å². The van der Waals surface area contributed by atoms with Gasteiger partial charge in [0.05, 0.1) is 16.1 Å². The molecule has 3 aromatic rings. The fourth-order valence-corrected chi connectivity index (χ4v) is 3.22. The van der Waals surface area contributed by atoms with Crippen LogP contribution in [-0.4, -0.2) is 24.2 Å². The molecule has 3 rings (SSSR count). The maximum Gasteiger partial charge on any atom is 0.319 e. The van der Waals surface area contributed by atoms with Gasteiger partial charge in [-0.15, -0.1) is 0 Å². The predicted octanol–water partition coefficient (Wildman–Crippen LogP) is 3.81. The van der Waals surface area contributed by atoms with E-state index in [1.807, 2.05) is 0 Å². The highest BCUT2D eigenvalue weighted by atomic mass is 32.2. The minimum Gasteiger partial charge on any atom is -0.284 e. The Bertz CT molecular complexity index is 977. The summed E-state index contributed by atoms with van der Waals surface area (Å²) in [4.78, 5) is 4.28. The first-order valence-corrected chi connectivity index (χ1v) is 8.73. The summed E-state index contributed by atoms with van der Waals surface area (Å²) in [5.74, 6) is 0. The Balaban J connectivity index is 2.23. The van der Waals surface area contributed by atoms with E-state index in [4.69, 9.17) is 0 Å². The molecule has 0 unspecified atom stereocenters. The first kappa shape index (κ1) is 15.6. The van der Waals surface area contributed by atoms with Crippen LogP contribution < -0.4 is 0 Å². The van der Waals surface area contributed by atoms with Crippen LogP contribution in [0.15, 0.2) is 47.5 Å². The summed E-state index contributed by atoms with van der Waals surface area (Å²) in [6.07, 6.45) is 2.60. The Kier molecular flexibility index (Phi) is 3.68. The number of hydrogen-bond donors (Lipinski definition) is 0. The lowest BCUT2D eigenvalue weighted by molar-refractivity contribution is 0.0769. The molecule has 0 amide bonds. The molecule has 0 fully saturated rings. The second kappa shape index (κ2) is 5.42. The zero-order valence-electron chi connectivity index (χ0n) is 12.5. The number of fused-ring (bicyclic) bond motifs is 1. The van der Waals surface area contributed by atoms with Crippen LogP contribution in [0.1, 0.15) is 12.2 Å². The molecule has 2 aromatic heterocycles. The summed E-state index contributed by atoms with van der Waals surface area (Å²) in [7, 11) is -3.32. The third kappa shape index (κ3) is 2.72. The molecule has 23 heavy (non-hydrogen) atoms. The molecule has 0 aliphatic rings. The molecule has 7 heteroatoms. The summed E-state index contributed by atoms with van der Waals surface area (Å²) < 4.78 is 51.0. The number of benzene rings is 1. The lowest BCUT2D eigenvalue weighted by Crippen LogP contribution is -2.01. The average Bonchev–Trinajstić information content (AvgIpc) is 2.87. The van der Waals surface area contributed by atoms with Crippen molar-refractivity contribution < 1.29 is 17.2 Å². The van der Waals surface area contributed by atoms with Crippen molar-refractivity contribution in [2.45, 2.75) is 18.4 Å². The Labute approximate surface area is 132 Å². The number of halogens is 2. The molecule has 0 bridgehead atoms. The number of aryl methyl sites for hydroxylation is 1. The molecule has 0 aliphatic carbocycles. The first-order valence-electron chi connectivity index (χ1n) is 6.84. The van der Waals surface area contributed by atoms with Gasteiger partial charge in [-0.1, -0.05) is 12.1 Å². The first-order chi connectivity index (χ1) is 10.8. The number of sulfone groups is 1. The largest absolute Gasteiger partial charge is 0.319 e. The molecular formula is C16H14F2N2O2S. The smallest absolute Gasteiger partial charge is 0.284 e. The van der Waals surface area contributed by atoms with Crippen LogP contribution in [0.3, 0.4) is 0 Å². The van der Waals surface area contributed by atoms with Gasteiger partial charge < -0.3 is 0 Å². The normalized spacial score (nSPS) is 12.2. The molecule has 0 aliphatic heterocycles. The van der Waals surface area contributed by atoms with Gasteiger partial charge in [0.2, 0.25) is 0 Å². The van der Waals surface area contributed by atoms with Gasteiger partial charge >= 0.3 is 6.55 Å². The molecule has 2 heterocycles. The maximum absolute atomic E-state index is 13.5. The van der Waals surface area contributed by atoms with E-state index in [-0.39, 0.29) is 4.90 Å². The molecule has 0 atom stereocenters. The summed E-state index contributed by atoms with van der Waals surface area (Å²) in [6, 6.07) is 9.10. The molecule has 0 radical (unpaired) electrons. The lowest BCUT2D eigenvalue weighted by Gasteiger charge is -2.10. The van der Waals surface area contributed by atoms with Crippen LogP contribution >= 0.6 is 0 Å².